The third kappa shape index (κ3) is 4.55. The molecule has 0 aromatic heterocycles. The molecule has 1 rings (SSSR count). The van der Waals surface area contributed by atoms with E-state index in [1.807, 2.05) is 6.92 Å². The molecule has 0 bridgehead atoms. The van der Waals surface area contributed by atoms with Gasteiger partial charge >= 0.3 is 5.97 Å². The number of ether oxygens (including phenoxy) is 1. The number of carbonyl (C=O) groups excluding carboxylic acids is 2. The number of anilines is 1. The van der Waals surface area contributed by atoms with Gasteiger partial charge in [-0.1, -0.05) is 6.92 Å². The first kappa shape index (κ1) is 13.0. The Labute approximate surface area is 99.9 Å². The lowest BCUT2D eigenvalue weighted by atomic mass is 10.2. The smallest absolute Gasteiger partial charge is 0.338 e. The minimum Gasteiger partial charge on any atom is -0.452 e. The van der Waals surface area contributed by atoms with Crippen molar-refractivity contribution in [1.82, 2.24) is 5.32 Å². The fraction of sp³-hybridized carbons (Fsp3) is 0.333. The van der Waals surface area contributed by atoms with Crippen molar-refractivity contribution >= 4 is 17.6 Å². The summed E-state index contributed by atoms with van der Waals surface area (Å²) in [6.07, 6.45) is 0.845. The number of nitrogens with two attached hydrogens (primary N) is 1. The summed E-state index contributed by atoms with van der Waals surface area (Å²) in [7, 11) is 0. The SMILES string of the molecule is CCCNC(=O)COC(=O)c1ccc(N)cc1. The highest BCUT2D eigenvalue weighted by Crippen LogP contribution is 2.06. The van der Waals surface area contributed by atoms with Crippen LogP contribution in [-0.4, -0.2) is 25.0 Å². The number of rotatable bonds is 5. The number of benzene rings is 1. The van der Waals surface area contributed by atoms with Gasteiger partial charge in [-0.3, -0.25) is 4.79 Å². The van der Waals surface area contributed by atoms with Crippen LogP contribution in [0.5, 0.6) is 0 Å². The Kier molecular flexibility index (Phi) is 5.00. The quantitative estimate of drug-likeness (QED) is 0.589. The second-order valence-electron chi connectivity index (χ2n) is 3.55. The Morgan fingerprint density at radius 3 is 2.53 bits per heavy atom. The number of nitrogen functional groups attached to an aromatic ring is 1. The van der Waals surface area contributed by atoms with Gasteiger partial charge in [0.1, 0.15) is 0 Å². The highest BCUT2D eigenvalue weighted by molar-refractivity contribution is 5.91. The van der Waals surface area contributed by atoms with E-state index < -0.39 is 5.97 Å². The van der Waals surface area contributed by atoms with Crippen LogP contribution >= 0.6 is 0 Å². The van der Waals surface area contributed by atoms with Crippen molar-refractivity contribution in [3.63, 3.8) is 0 Å². The Bertz CT molecular complexity index is 387. The van der Waals surface area contributed by atoms with Gasteiger partial charge in [-0.2, -0.15) is 0 Å². The van der Waals surface area contributed by atoms with Gasteiger partial charge in [0, 0.05) is 12.2 Å². The number of amides is 1. The normalized spacial score (nSPS) is 9.71. The van der Waals surface area contributed by atoms with Crippen LogP contribution in [0.15, 0.2) is 24.3 Å². The molecule has 0 unspecified atom stereocenters. The van der Waals surface area contributed by atoms with Crippen molar-refractivity contribution in [2.75, 3.05) is 18.9 Å². The largest absolute Gasteiger partial charge is 0.452 e. The molecule has 1 aromatic rings. The second kappa shape index (κ2) is 6.52. The maximum absolute atomic E-state index is 11.5. The Balaban J connectivity index is 2.39. The maximum atomic E-state index is 11.5. The van der Waals surface area contributed by atoms with Crippen LogP contribution in [0.25, 0.3) is 0 Å². The van der Waals surface area contributed by atoms with Gasteiger partial charge in [0.05, 0.1) is 5.56 Å². The third-order valence-electron chi connectivity index (χ3n) is 2.05. The van der Waals surface area contributed by atoms with Crippen molar-refractivity contribution in [3.05, 3.63) is 29.8 Å². The van der Waals surface area contributed by atoms with E-state index in [9.17, 15) is 9.59 Å². The molecule has 0 saturated heterocycles. The third-order valence-corrected chi connectivity index (χ3v) is 2.05. The predicted molar refractivity (Wildman–Crippen MR) is 64.4 cm³/mol. The minimum absolute atomic E-state index is 0.261. The molecule has 0 spiro atoms. The molecule has 0 saturated carbocycles. The van der Waals surface area contributed by atoms with E-state index in [2.05, 4.69) is 5.32 Å². The maximum Gasteiger partial charge on any atom is 0.338 e. The number of hydrogen-bond acceptors (Lipinski definition) is 4. The lowest BCUT2D eigenvalue weighted by Gasteiger charge is -2.05. The molecule has 0 aliphatic rings. The first-order valence-corrected chi connectivity index (χ1v) is 5.43. The summed E-state index contributed by atoms with van der Waals surface area (Å²) in [6, 6.07) is 6.32. The predicted octanol–water partition coefficient (Wildman–Crippen LogP) is 0.952. The highest BCUT2D eigenvalue weighted by Gasteiger charge is 2.09. The van der Waals surface area contributed by atoms with Crippen LogP contribution in [0.4, 0.5) is 5.69 Å². The molecular formula is C12H16N2O3. The monoisotopic (exact) mass is 236 g/mol. The molecule has 92 valence electrons. The van der Waals surface area contributed by atoms with Crippen LogP contribution in [0.3, 0.4) is 0 Å². The molecule has 3 N–H and O–H groups in total. The Morgan fingerprint density at radius 1 is 1.29 bits per heavy atom. The molecule has 0 radical (unpaired) electrons. The summed E-state index contributed by atoms with van der Waals surface area (Å²) in [5.74, 6) is -0.827. The van der Waals surface area contributed by atoms with E-state index in [1.54, 1.807) is 24.3 Å². The standard InChI is InChI=1S/C12H16N2O3/c1-2-7-14-11(15)8-17-12(16)9-3-5-10(13)6-4-9/h3-6H,2,7-8,13H2,1H3,(H,14,15). The van der Waals surface area contributed by atoms with Crippen molar-refractivity contribution in [1.29, 1.82) is 0 Å². The van der Waals surface area contributed by atoms with Gasteiger partial charge < -0.3 is 15.8 Å². The summed E-state index contributed by atoms with van der Waals surface area (Å²) >= 11 is 0. The molecule has 0 fully saturated rings. The molecule has 5 heteroatoms. The lowest BCUT2D eigenvalue weighted by molar-refractivity contribution is -0.124. The van der Waals surface area contributed by atoms with E-state index in [4.69, 9.17) is 10.5 Å². The lowest BCUT2D eigenvalue weighted by Crippen LogP contribution is -2.29. The summed E-state index contributed by atoms with van der Waals surface area (Å²) in [5, 5.41) is 2.61. The van der Waals surface area contributed by atoms with E-state index >= 15 is 0 Å². The molecule has 17 heavy (non-hydrogen) atoms. The van der Waals surface area contributed by atoms with Gasteiger partial charge in [0.25, 0.3) is 5.91 Å². The van der Waals surface area contributed by atoms with Gasteiger partial charge in [-0.25, -0.2) is 4.79 Å². The molecule has 5 nitrogen and oxygen atoms in total. The van der Waals surface area contributed by atoms with Gasteiger partial charge in [-0.15, -0.1) is 0 Å². The Hall–Kier alpha value is -2.04. The molecular weight excluding hydrogens is 220 g/mol. The summed E-state index contributed by atoms with van der Waals surface area (Å²) in [6.45, 7) is 2.27. The van der Waals surface area contributed by atoms with Crippen molar-refractivity contribution in [2.24, 2.45) is 0 Å². The zero-order valence-corrected chi connectivity index (χ0v) is 9.73. The summed E-state index contributed by atoms with van der Waals surface area (Å²) in [5.41, 5.74) is 6.44. The number of hydrogen-bond donors (Lipinski definition) is 2. The average molecular weight is 236 g/mol. The highest BCUT2D eigenvalue weighted by atomic mass is 16.5. The second-order valence-corrected chi connectivity index (χ2v) is 3.55. The number of esters is 1. The van der Waals surface area contributed by atoms with E-state index in [1.165, 1.54) is 0 Å². The Morgan fingerprint density at radius 2 is 1.94 bits per heavy atom. The van der Waals surface area contributed by atoms with Crippen LogP contribution in [0, 0.1) is 0 Å². The topological polar surface area (TPSA) is 81.4 Å². The average Bonchev–Trinajstić information content (AvgIpc) is 2.34. The minimum atomic E-state index is -0.531. The van der Waals surface area contributed by atoms with E-state index in [0.717, 1.165) is 6.42 Å². The first-order valence-electron chi connectivity index (χ1n) is 5.43. The van der Waals surface area contributed by atoms with Crippen LogP contribution in [0.2, 0.25) is 0 Å². The molecule has 0 aliphatic heterocycles. The molecule has 0 atom stereocenters. The summed E-state index contributed by atoms with van der Waals surface area (Å²) < 4.78 is 4.83. The first-order chi connectivity index (χ1) is 8.13. The zero-order valence-electron chi connectivity index (χ0n) is 9.73. The number of nitrogens with one attached hydrogen (secondary N) is 1. The van der Waals surface area contributed by atoms with Crippen molar-refractivity contribution in [2.45, 2.75) is 13.3 Å². The van der Waals surface area contributed by atoms with Crippen molar-refractivity contribution in [3.8, 4) is 0 Å². The van der Waals surface area contributed by atoms with Gasteiger partial charge in [0.15, 0.2) is 6.61 Å². The number of carbonyl (C=O) groups is 2. The van der Waals surface area contributed by atoms with E-state index in [0.29, 0.717) is 17.8 Å². The molecule has 1 amide bonds. The zero-order chi connectivity index (χ0) is 12.7. The van der Waals surface area contributed by atoms with Crippen LogP contribution in [-0.2, 0) is 9.53 Å². The van der Waals surface area contributed by atoms with Crippen LogP contribution in [0.1, 0.15) is 23.7 Å². The fourth-order valence-electron chi connectivity index (χ4n) is 1.15. The molecule has 1 aromatic carbocycles. The molecule has 0 heterocycles. The summed E-state index contributed by atoms with van der Waals surface area (Å²) in [4.78, 5) is 22.7. The van der Waals surface area contributed by atoms with Crippen LogP contribution < -0.4 is 11.1 Å². The van der Waals surface area contributed by atoms with Crippen molar-refractivity contribution < 1.29 is 14.3 Å². The molecule has 0 aliphatic carbocycles. The van der Waals surface area contributed by atoms with Gasteiger partial charge in [-0.05, 0) is 30.7 Å². The van der Waals surface area contributed by atoms with Gasteiger partial charge in [0.2, 0.25) is 0 Å². The van der Waals surface area contributed by atoms with E-state index in [-0.39, 0.29) is 12.5 Å². The fourth-order valence-corrected chi connectivity index (χ4v) is 1.15.